The highest BCUT2D eigenvalue weighted by molar-refractivity contribution is 7.84. The standard InChI is InChI=1S/C11H18N2OS/c1-3-15(14)7-6-13-10-5-4-9(2)11(12)8-10/h4-5,8,13H,3,6-7,12H2,1-2H3. The van der Waals surface area contributed by atoms with Crippen molar-refractivity contribution in [3.8, 4) is 0 Å². The van der Waals surface area contributed by atoms with Gasteiger partial charge in [-0.05, 0) is 24.6 Å². The molecule has 0 amide bonds. The van der Waals surface area contributed by atoms with Crippen LogP contribution in [0, 0.1) is 6.92 Å². The molecule has 0 fully saturated rings. The number of hydrogen-bond acceptors (Lipinski definition) is 3. The van der Waals surface area contributed by atoms with Gasteiger partial charge in [-0.1, -0.05) is 13.0 Å². The largest absolute Gasteiger partial charge is 0.398 e. The molecule has 15 heavy (non-hydrogen) atoms. The van der Waals surface area contributed by atoms with Crippen molar-refractivity contribution in [1.29, 1.82) is 0 Å². The van der Waals surface area contributed by atoms with Crippen LogP contribution in [0.5, 0.6) is 0 Å². The van der Waals surface area contributed by atoms with Crippen molar-refractivity contribution in [3.63, 3.8) is 0 Å². The maximum atomic E-state index is 11.2. The molecule has 0 aliphatic rings. The van der Waals surface area contributed by atoms with Crippen LogP contribution in [0.2, 0.25) is 0 Å². The molecule has 3 N–H and O–H groups in total. The van der Waals surface area contributed by atoms with Gasteiger partial charge in [0.25, 0.3) is 0 Å². The molecule has 0 aliphatic heterocycles. The number of nitrogens with two attached hydrogens (primary N) is 1. The third-order valence-electron chi connectivity index (χ3n) is 2.26. The smallest absolute Gasteiger partial charge is 0.0408 e. The molecule has 1 aromatic carbocycles. The minimum atomic E-state index is -0.704. The van der Waals surface area contributed by atoms with E-state index in [2.05, 4.69) is 5.32 Å². The molecule has 0 spiro atoms. The molecular formula is C11H18N2OS. The number of anilines is 2. The van der Waals surface area contributed by atoms with Gasteiger partial charge in [0.2, 0.25) is 0 Å². The van der Waals surface area contributed by atoms with Crippen LogP contribution >= 0.6 is 0 Å². The minimum absolute atomic E-state index is 0.685. The summed E-state index contributed by atoms with van der Waals surface area (Å²) >= 11 is 0. The van der Waals surface area contributed by atoms with E-state index in [0.717, 1.165) is 29.2 Å². The van der Waals surface area contributed by atoms with E-state index in [4.69, 9.17) is 5.73 Å². The second-order valence-electron chi connectivity index (χ2n) is 3.43. The first-order valence-corrected chi connectivity index (χ1v) is 6.57. The Morgan fingerprint density at radius 1 is 1.47 bits per heavy atom. The zero-order valence-electron chi connectivity index (χ0n) is 9.25. The summed E-state index contributed by atoms with van der Waals surface area (Å²) in [5.74, 6) is 1.40. The van der Waals surface area contributed by atoms with E-state index >= 15 is 0 Å². The summed E-state index contributed by atoms with van der Waals surface area (Å²) in [5.41, 5.74) is 8.64. The number of aryl methyl sites for hydroxylation is 1. The molecule has 1 rings (SSSR count). The van der Waals surface area contributed by atoms with Gasteiger partial charge >= 0.3 is 0 Å². The highest BCUT2D eigenvalue weighted by Crippen LogP contribution is 2.16. The predicted octanol–water partition coefficient (Wildman–Crippen LogP) is 1.76. The summed E-state index contributed by atoms with van der Waals surface area (Å²) in [7, 11) is -0.704. The van der Waals surface area contributed by atoms with Crippen molar-refractivity contribution in [2.45, 2.75) is 13.8 Å². The molecule has 84 valence electrons. The molecule has 0 aromatic heterocycles. The first kappa shape index (κ1) is 12.0. The topological polar surface area (TPSA) is 55.1 Å². The summed E-state index contributed by atoms with van der Waals surface area (Å²) in [4.78, 5) is 0. The molecule has 0 aliphatic carbocycles. The molecule has 3 nitrogen and oxygen atoms in total. The van der Waals surface area contributed by atoms with Crippen molar-refractivity contribution in [2.24, 2.45) is 0 Å². The Balaban J connectivity index is 2.44. The Kier molecular flexibility index (Phi) is 4.62. The predicted molar refractivity (Wildman–Crippen MR) is 67.6 cm³/mol. The Labute approximate surface area is 93.5 Å². The molecule has 0 saturated carbocycles. The molecule has 0 heterocycles. The van der Waals surface area contributed by atoms with Crippen molar-refractivity contribution in [1.82, 2.24) is 0 Å². The van der Waals surface area contributed by atoms with Gasteiger partial charge in [0.05, 0.1) is 0 Å². The van der Waals surface area contributed by atoms with Gasteiger partial charge in [0.15, 0.2) is 0 Å². The van der Waals surface area contributed by atoms with Crippen LogP contribution in [0.25, 0.3) is 0 Å². The molecule has 4 heteroatoms. The lowest BCUT2D eigenvalue weighted by Crippen LogP contribution is -2.12. The molecule has 1 unspecified atom stereocenters. The third-order valence-corrected chi connectivity index (χ3v) is 3.56. The van der Waals surface area contributed by atoms with Crippen molar-refractivity contribution >= 4 is 22.2 Å². The van der Waals surface area contributed by atoms with E-state index in [1.165, 1.54) is 0 Å². The second-order valence-corrected chi connectivity index (χ2v) is 5.30. The summed E-state index contributed by atoms with van der Waals surface area (Å²) in [6.45, 7) is 4.63. The Morgan fingerprint density at radius 3 is 2.80 bits per heavy atom. The third kappa shape index (κ3) is 3.91. The number of hydrogen-bond donors (Lipinski definition) is 2. The quantitative estimate of drug-likeness (QED) is 0.752. The fourth-order valence-electron chi connectivity index (χ4n) is 1.20. The first-order valence-electron chi connectivity index (χ1n) is 5.08. The van der Waals surface area contributed by atoms with Crippen LogP contribution in [-0.2, 0) is 10.8 Å². The summed E-state index contributed by atoms with van der Waals surface area (Å²) in [6, 6.07) is 5.87. The second kappa shape index (κ2) is 5.75. The van der Waals surface area contributed by atoms with Crippen LogP contribution in [0.4, 0.5) is 11.4 Å². The van der Waals surface area contributed by atoms with E-state index in [1.54, 1.807) is 0 Å². The van der Waals surface area contributed by atoms with Gasteiger partial charge in [-0.25, -0.2) is 0 Å². The molecular weight excluding hydrogens is 208 g/mol. The minimum Gasteiger partial charge on any atom is -0.398 e. The zero-order valence-corrected chi connectivity index (χ0v) is 10.1. The number of nitrogens with one attached hydrogen (secondary N) is 1. The highest BCUT2D eigenvalue weighted by Gasteiger charge is 1.98. The molecule has 0 radical (unpaired) electrons. The number of nitrogen functional groups attached to an aromatic ring is 1. The first-order chi connectivity index (χ1) is 7.13. The fraction of sp³-hybridized carbons (Fsp3) is 0.455. The van der Waals surface area contributed by atoms with E-state index in [-0.39, 0.29) is 0 Å². The lowest BCUT2D eigenvalue weighted by molar-refractivity contribution is 0.684. The van der Waals surface area contributed by atoms with E-state index in [1.807, 2.05) is 32.0 Å². The number of rotatable bonds is 5. The average molecular weight is 226 g/mol. The van der Waals surface area contributed by atoms with Gasteiger partial charge in [0, 0.05) is 40.2 Å². The molecule has 1 atom stereocenters. The van der Waals surface area contributed by atoms with E-state index in [9.17, 15) is 4.21 Å². The average Bonchev–Trinajstić information content (AvgIpc) is 2.23. The van der Waals surface area contributed by atoms with E-state index in [0.29, 0.717) is 5.75 Å². The maximum absolute atomic E-state index is 11.2. The van der Waals surface area contributed by atoms with Gasteiger partial charge < -0.3 is 11.1 Å². The lowest BCUT2D eigenvalue weighted by Gasteiger charge is -2.07. The summed E-state index contributed by atoms with van der Waals surface area (Å²) in [6.07, 6.45) is 0. The van der Waals surface area contributed by atoms with Crippen LogP contribution in [0.15, 0.2) is 18.2 Å². The highest BCUT2D eigenvalue weighted by atomic mass is 32.2. The van der Waals surface area contributed by atoms with E-state index < -0.39 is 10.8 Å². The normalized spacial score (nSPS) is 12.4. The Bertz CT molecular complexity index is 352. The SMILES string of the molecule is CCS(=O)CCNc1ccc(C)c(N)c1. The van der Waals surface area contributed by atoms with Gasteiger partial charge in [-0.2, -0.15) is 0 Å². The van der Waals surface area contributed by atoms with Gasteiger partial charge in [0.1, 0.15) is 0 Å². The zero-order chi connectivity index (χ0) is 11.3. The van der Waals surface area contributed by atoms with Crippen molar-refractivity contribution in [3.05, 3.63) is 23.8 Å². The summed E-state index contributed by atoms with van der Waals surface area (Å²) in [5, 5.41) is 3.20. The fourth-order valence-corrected chi connectivity index (χ4v) is 1.82. The van der Waals surface area contributed by atoms with Crippen LogP contribution in [0.1, 0.15) is 12.5 Å². The molecule has 0 bridgehead atoms. The summed E-state index contributed by atoms with van der Waals surface area (Å²) < 4.78 is 11.2. The van der Waals surface area contributed by atoms with Crippen LogP contribution in [0.3, 0.4) is 0 Å². The van der Waals surface area contributed by atoms with Gasteiger partial charge in [-0.3, -0.25) is 4.21 Å². The van der Waals surface area contributed by atoms with Crippen molar-refractivity contribution < 1.29 is 4.21 Å². The van der Waals surface area contributed by atoms with Crippen LogP contribution in [-0.4, -0.2) is 22.3 Å². The Hall–Kier alpha value is -1.03. The monoisotopic (exact) mass is 226 g/mol. The number of benzene rings is 1. The van der Waals surface area contributed by atoms with Crippen LogP contribution < -0.4 is 11.1 Å². The molecule has 0 saturated heterocycles. The molecule has 1 aromatic rings. The lowest BCUT2D eigenvalue weighted by atomic mass is 10.2. The Morgan fingerprint density at radius 2 is 2.20 bits per heavy atom. The maximum Gasteiger partial charge on any atom is 0.0408 e. The van der Waals surface area contributed by atoms with Gasteiger partial charge in [-0.15, -0.1) is 0 Å². The van der Waals surface area contributed by atoms with Crippen molar-refractivity contribution in [2.75, 3.05) is 29.1 Å².